The number of carbonyl (C=O) groups excluding carboxylic acids is 1. The first-order valence-electron chi connectivity index (χ1n) is 9.19. The Bertz CT molecular complexity index is 865. The number of carbonyl (C=O) groups is 1. The largest absolute Gasteiger partial charge is 0.463 e. The molecule has 0 saturated heterocycles. The van der Waals surface area contributed by atoms with Gasteiger partial charge in [-0.1, -0.05) is 30.5 Å². The molecule has 1 aliphatic carbocycles. The predicted octanol–water partition coefficient (Wildman–Crippen LogP) is 4.97. The molecule has 1 heterocycles. The number of hydrogen-bond donors (Lipinski definition) is 1. The van der Waals surface area contributed by atoms with Crippen LogP contribution in [0.25, 0.3) is 0 Å². The smallest absolute Gasteiger partial charge is 0.336 e. The van der Waals surface area contributed by atoms with Gasteiger partial charge in [-0.25, -0.2) is 9.18 Å². The maximum absolute atomic E-state index is 13.6. The highest BCUT2D eigenvalue weighted by atomic mass is 35.5. The van der Waals surface area contributed by atoms with E-state index in [2.05, 4.69) is 11.4 Å². The van der Waals surface area contributed by atoms with Crippen LogP contribution in [0.1, 0.15) is 51.0 Å². The number of ether oxygens (including phenoxy) is 1. The highest BCUT2D eigenvalue weighted by Crippen LogP contribution is 2.43. The number of nitrogens with zero attached hydrogens (tertiary/aromatic N) is 1. The van der Waals surface area contributed by atoms with Gasteiger partial charge in [0.05, 0.1) is 29.7 Å². The minimum Gasteiger partial charge on any atom is -0.463 e. The quantitative estimate of drug-likeness (QED) is 0.699. The molecule has 2 aliphatic rings. The number of halogens is 2. The molecule has 0 radical (unpaired) electrons. The molecular weight excluding hydrogens is 367 g/mol. The van der Waals surface area contributed by atoms with E-state index in [1.165, 1.54) is 31.0 Å². The van der Waals surface area contributed by atoms with E-state index in [1.54, 1.807) is 6.92 Å². The summed E-state index contributed by atoms with van der Waals surface area (Å²) in [6.45, 7) is 3.78. The highest BCUT2D eigenvalue weighted by Gasteiger charge is 2.37. The lowest BCUT2D eigenvalue weighted by atomic mass is 9.80. The third-order valence-corrected chi connectivity index (χ3v) is 5.36. The number of dihydropyridines is 1. The van der Waals surface area contributed by atoms with E-state index in [4.69, 9.17) is 16.3 Å². The van der Waals surface area contributed by atoms with Gasteiger partial charge in [-0.15, -0.1) is 0 Å². The average molecular weight is 389 g/mol. The summed E-state index contributed by atoms with van der Waals surface area (Å²) in [6.07, 6.45) is 4.11. The molecule has 1 saturated carbocycles. The normalized spacial score (nSPS) is 19.6. The molecule has 0 spiro atoms. The van der Waals surface area contributed by atoms with Crippen molar-refractivity contribution in [3.8, 4) is 6.07 Å². The van der Waals surface area contributed by atoms with Gasteiger partial charge in [-0.2, -0.15) is 5.26 Å². The number of esters is 1. The molecule has 0 amide bonds. The van der Waals surface area contributed by atoms with Gasteiger partial charge in [0.15, 0.2) is 0 Å². The Labute approximate surface area is 163 Å². The molecular formula is C21H22ClFN2O2. The molecule has 1 unspecified atom stereocenters. The number of benzene rings is 1. The first-order chi connectivity index (χ1) is 13.0. The lowest BCUT2D eigenvalue weighted by Gasteiger charge is -2.30. The van der Waals surface area contributed by atoms with Crippen molar-refractivity contribution in [2.45, 2.75) is 45.4 Å². The van der Waals surface area contributed by atoms with Crippen LogP contribution < -0.4 is 5.32 Å². The van der Waals surface area contributed by atoms with Gasteiger partial charge in [0.2, 0.25) is 0 Å². The fraction of sp³-hybridized carbons (Fsp3) is 0.429. The number of nitriles is 1. The van der Waals surface area contributed by atoms with Gasteiger partial charge < -0.3 is 10.1 Å². The second-order valence-electron chi connectivity index (χ2n) is 6.97. The molecule has 1 aromatic carbocycles. The van der Waals surface area contributed by atoms with Crippen molar-refractivity contribution >= 4 is 17.6 Å². The molecule has 1 aromatic rings. The maximum atomic E-state index is 13.6. The van der Waals surface area contributed by atoms with Crippen LogP contribution in [0, 0.1) is 23.1 Å². The summed E-state index contributed by atoms with van der Waals surface area (Å²) < 4.78 is 18.9. The summed E-state index contributed by atoms with van der Waals surface area (Å²) in [5.74, 6) is -0.913. The zero-order valence-electron chi connectivity index (χ0n) is 15.4. The summed E-state index contributed by atoms with van der Waals surface area (Å²) in [7, 11) is 0. The molecule has 0 aromatic heterocycles. The van der Waals surface area contributed by atoms with Gasteiger partial charge in [-0.05, 0) is 50.3 Å². The molecule has 1 aliphatic heterocycles. The van der Waals surface area contributed by atoms with Crippen molar-refractivity contribution < 1.29 is 13.9 Å². The van der Waals surface area contributed by atoms with E-state index in [9.17, 15) is 14.4 Å². The van der Waals surface area contributed by atoms with E-state index in [0.29, 0.717) is 34.7 Å². The van der Waals surface area contributed by atoms with Crippen LogP contribution in [0.3, 0.4) is 0 Å². The number of rotatable bonds is 6. The Morgan fingerprint density at radius 3 is 2.78 bits per heavy atom. The van der Waals surface area contributed by atoms with Gasteiger partial charge >= 0.3 is 5.97 Å². The highest BCUT2D eigenvalue weighted by molar-refractivity contribution is 6.31. The number of nitrogens with one attached hydrogen (secondary N) is 1. The van der Waals surface area contributed by atoms with Crippen LogP contribution in [0.5, 0.6) is 0 Å². The lowest BCUT2D eigenvalue weighted by molar-refractivity contribution is -0.138. The predicted molar refractivity (Wildman–Crippen MR) is 101 cm³/mol. The van der Waals surface area contributed by atoms with E-state index in [-0.39, 0.29) is 11.6 Å². The Hall–Kier alpha value is -2.32. The zero-order valence-corrected chi connectivity index (χ0v) is 16.2. The molecule has 1 atom stereocenters. The van der Waals surface area contributed by atoms with Gasteiger partial charge in [-0.3, -0.25) is 0 Å². The first-order valence-corrected chi connectivity index (χ1v) is 9.57. The molecule has 142 valence electrons. The van der Waals surface area contributed by atoms with Gasteiger partial charge in [0.1, 0.15) is 5.82 Å². The van der Waals surface area contributed by atoms with Crippen LogP contribution in [0.2, 0.25) is 5.02 Å². The third-order valence-electron chi connectivity index (χ3n) is 5.03. The first kappa shape index (κ1) is 19.4. The van der Waals surface area contributed by atoms with E-state index in [1.807, 2.05) is 6.92 Å². The summed E-state index contributed by atoms with van der Waals surface area (Å²) in [5.41, 5.74) is 2.77. The standard InChI is InChI=1S/C21H22ClFN2O2/c1-3-27-21(26)20-18(9-6-13-4-5-13)25-12(2)16(11-24)19(20)15-8-7-14(23)10-17(15)22/h7-8,10,13,19,25H,3-6,9H2,1-2H3. The van der Waals surface area contributed by atoms with Crippen molar-refractivity contribution in [3.05, 3.63) is 57.1 Å². The van der Waals surface area contributed by atoms with Crippen LogP contribution in [-0.4, -0.2) is 12.6 Å². The Kier molecular flexibility index (Phi) is 5.86. The van der Waals surface area contributed by atoms with Crippen molar-refractivity contribution in [2.75, 3.05) is 6.61 Å². The fourth-order valence-corrected chi connectivity index (χ4v) is 3.77. The van der Waals surface area contributed by atoms with E-state index < -0.39 is 17.7 Å². The Balaban J connectivity index is 2.12. The lowest BCUT2D eigenvalue weighted by Crippen LogP contribution is -2.30. The number of hydrogen-bond acceptors (Lipinski definition) is 4. The minimum absolute atomic E-state index is 0.186. The summed E-state index contributed by atoms with van der Waals surface area (Å²) in [4.78, 5) is 12.8. The van der Waals surface area contributed by atoms with Gasteiger partial charge in [0.25, 0.3) is 0 Å². The maximum Gasteiger partial charge on any atom is 0.336 e. The van der Waals surface area contributed by atoms with Crippen LogP contribution in [0.4, 0.5) is 4.39 Å². The second kappa shape index (κ2) is 8.14. The SMILES string of the molecule is CCOC(=O)C1=C(CCC2CC2)NC(C)=C(C#N)C1c1ccc(F)cc1Cl. The van der Waals surface area contributed by atoms with Crippen molar-refractivity contribution in [1.29, 1.82) is 5.26 Å². The van der Waals surface area contributed by atoms with E-state index >= 15 is 0 Å². The van der Waals surface area contributed by atoms with Crippen LogP contribution >= 0.6 is 11.6 Å². The van der Waals surface area contributed by atoms with Gasteiger partial charge in [0, 0.05) is 16.4 Å². The molecule has 27 heavy (non-hydrogen) atoms. The monoisotopic (exact) mass is 388 g/mol. The topological polar surface area (TPSA) is 62.1 Å². The molecule has 1 fully saturated rings. The summed E-state index contributed by atoms with van der Waals surface area (Å²) >= 11 is 6.30. The van der Waals surface area contributed by atoms with Crippen molar-refractivity contribution in [2.24, 2.45) is 5.92 Å². The zero-order chi connectivity index (χ0) is 19.6. The molecule has 0 bridgehead atoms. The molecule has 4 nitrogen and oxygen atoms in total. The van der Waals surface area contributed by atoms with Crippen LogP contribution in [0.15, 0.2) is 40.7 Å². The average Bonchev–Trinajstić information content (AvgIpc) is 3.44. The van der Waals surface area contributed by atoms with Crippen molar-refractivity contribution in [3.63, 3.8) is 0 Å². The summed E-state index contributed by atoms with van der Waals surface area (Å²) in [5, 5.41) is 13.2. The molecule has 6 heteroatoms. The molecule has 1 N–H and O–H groups in total. The third kappa shape index (κ3) is 4.17. The van der Waals surface area contributed by atoms with Crippen LogP contribution in [-0.2, 0) is 9.53 Å². The molecule has 3 rings (SSSR count). The Morgan fingerprint density at radius 2 is 2.19 bits per heavy atom. The van der Waals surface area contributed by atoms with E-state index in [0.717, 1.165) is 12.1 Å². The fourth-order valence-electron chi connectivity index (χ4n) is 3.49. The minimum atomic E-state index is -0.669. The Morgan fingerprint density at radius 1 is 1.44 bits per heavy atom. The second-order valence-corrected chi connectivity index (χ2v) is 7.38. The number of allylic oxidation sites excluding steroid dienone is 3. The van der Waals surface area contributed by atoms with Crippen molar-refractivity contribution in [1.82, 2.24) is 5.32 Å². The summed E-state index contributed by atoms with van der Waals surface area (Å²) in [6, 6.07) is 6.23.